The standard InChI is InChI=1S/C15H20N2O2/c18-15-17(10-12-5-2-1-3-6-12)14(11-19-15)13-7-4-8-16-9-13/h1-3,5-6,13-14,16H,4,7-11H2. The van der Waals surface area contributed by atoms with Gasteiger partial charge < -0.3 is 10.1 Å². The first-order valence-corrected chi connectivity index (χ1v) is 7.02. The lowest BCUT2D eigenvalue weighted by Crippen LogP contribution is -2.45. The van der Waals surface area contributed by atoms with Gasteiger partial charge in [-0.1, -0.05) is 30.3 Å². The van der Waals surface area contributed by atoms with Crippen LogP contribution < -0.4 is 5.32 Å². The molecule has 0 spiro atoms. The molecule has 2 aliphatic heterocycles. The number of amides is 1. The van der Waals surface area contributed by atoms with Gasteiger partial charge in [0.2, 0.25) is 0 Å². The van der Waals surface area contributed by atoms with Crippen molar-refractivity contribution in [3.63, 3.8) is 0 Å². The second-order valence-electron chi connectivity index (χ2n) is 5.36. The molecule has 1 aromatic rings. The summed E-state index contributed by atoms with van der Waals surface area (Å²) in [4.78, 5) is 13.8. The number of piperidine rings is 1. The van der Waals surface area contributed by atoms with Crippen molar-refractivity contribution in [1.29, 1.82) is 0 Å². The average molecular weight is 260 g/mol. The van der Waals surface area contributed by atoms with Crippen LogP contribution in [0.5, 0.6) is 0 Å². The molecule has 102 valence electrons. The molecule has 2 fully saturated rings. The maximum absolute atomic E-state index is 11.9. The molecule has 1 N–H and O–H groups in total. The maximum atomic E-state index is 11.9. The summed E-state index contributed by atoms with van der Waals surface area (Å²) in [7, 11) is 0. The molecule has 0 bridgehead atoms. The second-order valence-corrected chi connectivity index (χ2v) is 5.36. The van der Waals surface area contributed by atoms with E-state index < -0.39 is 0 Å². The SMILES string of the molecule is O=C1OCC(C2CCCNC2)N1Cc1ccccc1. The van der Waals surface area contributed by atoms with Crippen LogP contribution in [-0.2, 0) is 11.3 Å². The number of cyclic esters (lactones) is 1. The van der Waals surface area contributed by atoms with Crippen molar-refractivity contribution in [2.45, 2.75) is 25.4 Å². The van der Waals surface area contributed by atoms with Gasteiger partial charge in [0.15, 0.2) is 0 Å². The molecule has 1 amide bonds. The Labute approximate surface area is 113 Å². The summed E-state index contributed by atoms with van der Waals surface area (Å²) in [5.74, 6) is 0.518. The normalized spacial score (nSPS) is 27.4. The van der Waals surface area contributed by atoms with Gasteiger partial charge in [-0.05, 0) is 30.9 Å². The highest BCUT2D eigenvalue weighted by Crippen LogP contribution is 2.26. The smallest absolute Gasteiger partial charge is 0.410 e. The number of nitrogens with zero attached hydrogens (tertiary/aromatic N) is 1. The van der Waals surface area contributed by atoms with Crippen LogP contribution in [0, 0.1) is 5.92 Å². The maximum Gasteiger partial charge on any atom is 0.410 e. The first-order chi connectivity index (χ1) is 9.34. The van der Waals surface area contributed by atoms with E-state index in [2.05, 4.69) is 17.4 Å². The molecule has 3 rings (SSSR count). The number of benzene rings is 1. The third-order valence-electron chi connectivity index (χ3n) is 4.09. The number of ether oxygens (including phenoxy) is 1. The molecule has 0 saturated carbocycles. The van der Waals surface area contributed by atoms with Crippen molar-refractivity contribution in [2.24, 2.45) is 5.92 Å². The predicted molar refractivity (Wildman–Crippen MR) is 72.7 cm³/mol. The van der Waals surface area contributed by atoms with Gasteiger partial charge in [0.25, 0.3) is 0 Å². The highest BCUT2D eigenvalue weighted by Gasteiger charge is 2.38. The average Bonchev–Trinajstić information content (AvgIpc) is 2.82. The van der Waals surface area contributed by atoms with E-state index in [9.17, 15) is 4.79 Å². The first-order valence-electron chi connectivity index (χ1n) is 7.02. The summed E-state index contributed by atoms with van der Waals surface area (Å²) in [5.41, 5.74) is 1.16. The van der Waals surface area contributed by atoms with E-state index in [0.29, 0.717) is 19.1 Å². The van der Waals surface area contributed by atoms with Crippen LogP contribution in [0.2, 0.25) is 0 Å². The van der Waals surface area contributed by atoms with Gasteiger partial charge in [-0.15, -0.1) is 0 Å². The molecule has 1 aromatic carbocycles. The van der Waals surface area contributed by atoms with Crippen LogP contribution in [0.3, 0.4) is 0 Å². The molecule has 2 saturated heterocycles. The number of carbonyl (C=O) groups excluding carboxylic acids is 1. The fourth-order valence-electron chi connectivity index (χ4n) is 3.02. The Morgan fingerprint density at radius 3 is 2.89 bits per heavy atom. The largest absolute Gasteiger partial charge is 0.447 e. The van der Waals surface area contributed by atoms with Crippen LogP contribution in [0.15, 0.2) is 30.3 Å². The summed E-state index contributed by atoms with van der Waals surface area (Å²) in [6.07, 6.45) is 2.20. The Kier molecular flexibility index (Phi) is 3.69. The molecule has 2 heterocycles. The third-order valence-corrected chi connectivity index (χ3v) is 4.09. The third kappa shape index (κ3) is 2.73. The van der Waals surface area contributed by atoms with E-state index in [1.807, 2.05) is 23.1 Å². The number of carbonyl (C=O) groups is 1. The van der Waals surface area contributed by atoms with E-state index in [-0.39, 0.29) is 12.1 Å². The molecule has 2 unspecified atom stereocenters. The van der Waals surface area contributed by atoms with Gasteiger partial charge in [-0.2, -0.15) is 0 Å². The molecule has 4 nitrogen and oxygen atoms in total. The summed E-state index contributed by atoms with van der Waals surface area (Å²) in [6.45, 7) is 3.28. The lowest BCUT2D eigenvalue weighted by atomic mass is 9.91. The highest BCUT2D eigenvalue weighted by molar-refractivity contribution is 5.70. The molecule has 4 heteroatoms. The summed E-state index contributed by atoms with van der Waals surface area (Å²) in [6, 6.07) is 10.3. The second kappa shape index (κ2) is 5.61. The summed E-state index contributed by atoms with van der Waals surface area (Å²) < 4.78 is 5.26. The van der Waals surface area contributed by atoms with Crippen LogP contribution >= 0.6 is 0 Å². The van der Waals surface area contributed by atoms with Gasteiger partial charge >= 0.3 is 6.09 Å². The van der Waals surface area contributed by atoms with Gasteiger partial charge in [-0.25, -0.2) is 4.79 Å². The summed E-state index contributed by atoms with van der Waals surface area (Å²) in [5, 5.41) is 3.42. The molecule has 0 aliphatic carbocycles. The van der Waals surface area contributed by atoms with Crippen molar-refractivity contribution >= 4 is 6.09 Å². The lowest BCUT2D eigenvalue weighted by Gasteiger charge is -2.32. The minimum Gasteiger partial charge on any atom is -0.447 e. The van der Waals surface area contributed by atoms with E-state index >= 15 is 0 Å². The van der Waals surface area contributed by atoms with Crippen LogP contribution in [-0.4, -0.2) is 36.7 Å². The molecule has 2 aliphatic rings. The monoisotopic (exact) mass is 260 g/mol. The van der Waals surface area contributed by atoms with Gasteiger partial charge in [0.1, 0.15) is 6.61 Å². The predicted octanol–water partition coefficient (Wildman–Crippen LogP) is 2.01. The van der Waals surface area contributed by atoms with E-state index in [4.69, 9.17) is 4.74 Å². The minimum absolute atomic E-state index is 0.167. The van der Waals surface area contributed by atoms with Crippen molar-refractivity contribution < 1.29 is 9.53 Å². The fraction of sp³-hybridized carbons (Fsp3) is 0.533. The molecular formula is C15H20N2O2. The van der Waals surface area contributed by atoms with Crippen LogP contribution in [0.1, 0.15) is 18.4 Å². The molecule has 0 radical (unpaired) electrons. The zero-order chi connectivity index (χ0) is 13.1. The number of nitrogens with one attached hydrogen (secondary N) is 1. The van der Waals surface area contributed by atoms with Crippen molar-refractivity contribution in [2.75, 3.05) is 19.7 Å². The Morgan fingerprint density at radius 1 is 1.32 bits per heavy atom. The highest BCUT2D eigenvalue weighted by atomic mass is 16.6. The summed E-state index contributed by atoms with van der Waals surface area (Å²) >= 11 is 0. The minimum atomic E-state index is -0.167. The van der Waals surface area contributed by atoms with Crippen molar-refractivity contribution in [1.82, 2.24) is 10.2 Å². The number of hydrogen-bond acceptors (Lipinski definition) is 3. The van der Waals surface area contributed by atoms with Gasteiger partial charge in [0.05, 0.1) is 6.04 Å². The fourth-order valence-corrected chi connectivity index (χ4v) is 3.02. The zero-order valence-electron chi connectivity index (χ0n) is 11.0. The number of rotatable bonds is 3. The first kappa shape index (κ1) is 12.5. The van der Waals surface area contributed by atoms with Crippen molar-refractivity contribution in [3.05, 3.63) is 35.9 Å². The van der Waals surface area contributed by atoms with Crippen LogP contribution in [0.25, 0.3) is 0 Å². The Morgan fingerprint density at radius 2 is 2.16 bits per heavy atom. The Bertz CT molecular complexity index is 429. The van der Waals surface area contributed by atoms with E-state index in [1.165, 1.54) is 12.8 Å². The van der Waals surface area contributed by atoms with E-state index in [1.54, 1.807) is 0 Å². The molecule has 2 atom stereocenters. The number of hydrogen-bond donors (Lipinski definition) is 1. The Hall–Kier alpha value is -1.55. The van der Waals surface area contributed by atoms with Gasteiger partial charge in [0, 0.05) is 13.1 Å². The zero-order valence-corrected chi connectivity index (χ0v) is 11.0. The van der Waals surface area contributed by atoms with Crippen LogP contribution in [0.4, 0.5) is 4.79 Å². The molecule has 0 aromatic heterocycles. The van der Waals surface area contributed by atoms with Gasteiger partial charge in [-0.3, -0.25) is 4.90 Å². The molecular weight excluding hydrogens is 240 g/mol. The van der Waals surface area contributed by atoms with E-state index in [0.717, 1.165) is 18.7 Å². The Balaban J connectivity index is 1.71. The molecule has 19 heavy (non-hydrogen) atoms. The van der Waals surface area contributed by atoms with Crippen molar-refractivity contribution in [3.8, 4) is 0 Å². The lowest BCUT2D eigenvalue weighted by molar-refractivity contribution is 0.152. The topological polar surface area (TPSA) is 41.6 Å². The quantitative estimate of drug-likeness (QED) is 0.904.